The van der Waals surface area contributed by atoms with E-state index in [0.29, 0.717) is 5.75 Å². The number of nitrogens with zero attached hydrogens (tertiary/aromatic N) is 2. The third-order valence-electron chi connectivity index (χ3n) is 3.65. The van der Waals surface area contributed by atoms with E-state index in [1.165, 1.54) is 0 Å². The number of benzene rings is 1. The molecule has 1 heterocycles. The lowest BCUT2D eigenvalue weighted by atomic mass is 10.1. The second-order valence-electron chi connectivity index (χ2n) is 4.94. The fraction of sp³-hybridized carbons (Fsp3) is 0.571. The number of hydrogen-bond donors (Lipinski definition) is 1. The van der Waals surface area contributed by atoms with Crippen LogP contribution in [0.15, 0.2) is 16.6 Å². The third-order valence-corrected chi connectivity index (χ3v) is 4.11. The molecule has 4 heteroatoms. The molecule has 2 rings (SSSR count). The quantitative estimate of drug-likeness (QED) is 0.929. The molecule has 0 radical (unpaired) electrons. The lowest BCUT2D eigenvalue weighted by molar-refractivity contribution is 0.131. The first-order valence-corrected chi connectivity index (χ1v) is 7.32. The highest BCUT2D eigenvalue weighted by Crippen LogP contribution is 2.28. The number of piperazine rings is 1. The molecule has 18 heavy (non-hydrogen) atoms. The largest absolute Gasteiger partial charge is 0.507 e. The number of phenols is 1. The first kappa shape index (κ1) is 13.8. The van der Waals surface area contributed by atoms with Crippen LogP contribution in [0, 0.1) is 6.92 Å². The fourth-order valence-electron chi connectivity index (χ4n) is 2.43. The summed E-state index contributed by atoms with van der Waals surface area (Å²) in [6.07, 6.45) is 0. The van der Waals surface area contributed by atoms with Crippen LogP contribution in [-0.2, 0) is 6.54 Å². The van der Waals surface area contributed by atoms with Gasteiger partial charge in [0, 0.05) is 42.8 Å². The molecule has 0 amide bonds. The Morgan fingerprint density at radius 2 is 1.78 bits per heavy atom. The van der Waals surface area contributed by atoms with E-state index in [1.54, 1.807) is 0 Å². The van der Waals surface area contributed by atoms with Crippen molar-refractivity contribution in [2.45, 2.75) is 20.4 Å². The summed E-state index contributed by atoms with van der Waals surface area (Å²) in [5.74, 6) is 0.441. The normalized spacial score (nSPS) is 18.2. The summed E-state index contributed by atoms with van der Waals surface area (Å²) in [5, 5.41) is 10.1. The summed E-state index contributed by atoms with van der Waals surface area (Å²) in [6.45, 7) is 10.5. The molecule has 0 aliphatic carbocycles. The molecule has 0 bridgehead atoms. The number of phenolic OH excluding ortho intramolecular Hbond substituents is 1. The highest BCUT2D eigenvalue weighted by atomic mass is 79.9. The Hall–Kier alpha value is -0.580. The van der Waals surface area contributed by atoms with Crippen molar-refractivity contribution >= 4 is 15.9 Å². The number of hydrogen-bond acceptors (Lipinski definition) is 3. The maximum atomic E-state index is 10.1. The number of aromatic hydroxyl groups is 1. The van der Waals surface area contributed by atoms with E-state index in [2.05, 4.69) is 32.7 Å². The average Bonchev–Trinajstić information content (AvgIpc) is 2.36. The fourth-order valence-corrected chi connectivity index (χ4v) is 3.05. The van der Waals surface area contributed by atoms with Crippen LogP contribution in [0.3, 0.4) is 0 Å². The van der Waals surface area contributed by atoms with Crippen molar-refractivity contribution in [1.82, 2.24) is 9.80 Å². The van der Waals surface area contributed by atoms with Crippen molar-refractivity contribution < 1.29 is 5.11 Å². The summed E-state index contributed by atoms with van der Waals surface area (Å²) < 4.78 is 1.04. The maximum Gasteiger partial charge on any atom is 0.123 e. The molecule has 1 aliphatic rings. The van der Waals surface area contributed by atoms with Gasteiger partial charge in [-0.3, -0.25) is 4.90 Å². The Bertz CT molecular complexity index is 415. The van der Waals surface area contributed by atoms with Gasteiger partial charge in [-0.15, -0.1) is 0 Å². The SMILES string of the molecule is CCN1CCN(Cc2cc(Br)cc(C)c2O)CC1. The molecule has 1 aliphatic heterocycles. The van der Waals surface area contributed by atoms with Crippen LogP contribution in [-0.4, -0.2) is 47.6 Å². The molecule has 1 N–H and O–H groups in total. The minimum Gasteiger partial charge on any atom is -0.507 e. The topological polar surface area (TPSA) is 26.7 Å². The van der Waals surface area contributed by atoms with Crippen LogP contribution < -0.4 is 0 Å². The molecule has 1 aromatic rings. The summed E-state index contributed by atoms with van der Waals surface area (Å²) in [5.41, 5.74) is 1.96. The molecular weight excluding hydrogens is 292 g/mol. The molecule has 0 atom stereocenters. The minimum absolute atomic E-state index is 0.441. The molecule has 1 saturated heterocycles. The van der Waals surface area contributed by atoms with Crippen molar-refractivity contribution in [3.8, 4) is 5.75 Å². The molecule has 3 nitrogen and oxygen atoms in total. The van der Waals surface area contributed by atoms with Gasteiger partial charge < -0.3 is 10.0 Å². The van der Waals surface area contributed by atoms with E-state index in [0.717, 1.165) is 54.9 Å². The Labute approximate surface area is 118 Å². The van der Waals surface area contributed by atoms with E-state index in [4.69, 9.17) is 0 Å². The van der Waals surface area contributed by atoms with Gasteiger partial charge in [-0.2, -0.15) is 0 Å². The predicted octanol–water partition coefficient (Wildman–Crippen LogP) is 2.60. The van der Waals surface area contributed by atoms with Crippen LogP contribution in [0.5, 0.6) is 5.75 Å². The molecule has 100 valence electrons. The highest BCUT2D eigenvalue weighted by molar-refractivity contribution is 9.10. The molecule has 1 fully saturated rings. The molecule has 0 saturated carbocycles. The number of halogens is 1. The van der Waals surface area contributed by atoms with Gasteiger partial charge in [0.25, 0.3) is 0 Å². The van der Waals surface area contributed by atoms with Crippen molar-refractivity contribution in [3.05, 3.63) is 27.7 Å². The Balaban J connectivity index is 2.02. The number of aryl methyl sites for hydroxylation is 1. The summed E-state index contributed by atoms with van der Waals surface area (Å²) in [6, 6.07) is 3.97. The van der Waals surface area contributed by atoms with E-state index < -0.39 is 0 Å². The average molecular weight is 313 g/mol. The maximum absolute atomic E-state index is 10.1. The van der Waals surface area contributed by atoms with Crippen molar-refractivity contribution in [1.29, 1.82) is 0 Å². The molecular formula is C14H21BrN2O. The number of rotatable bonds is 3. The summed E-state index contributed by atoms with van der Waals surface area (Å²) in [4.78, 5) is 4.87. The third kappa shape index (κ3) is 3.25. The van der Waals surface area contributed by atoms with Crippen LogP contribution in [0.2, 0.25) is 0 Å². The summed E-state index contributed by atoms with van der Waals surface area (Å²) >= 11 is 3.49. The van der Waals surface area contributed by atoms with Crippen LogP contribution in [0.1, 0.15) is 18.1 Å². The van der Waals surface area contributed by atoms with E-state index in [-0.39, 0.29) is 0 Å². The van der Waals surface area contributed by atoms with Gasteiger partial charge in [-0.05, 0) is 31.2 Å². The zero-order valence-corrected chi connectivity index (χ0v) is 12.7. The van der Waals surface area contributed by atoms with E-state index >= 15 is 0 Å². The Morgan fingerprint density at radius 3 is 2.39 bits per heavy atom. The van der Waals surface area contributed by atoms with Crippen LogP contribution in [0.4, 0.5) is 0 Å². The van der Waals surface area contributed by atoms with E-state index in [1.807, 2.05) is 19.1 Å². The standard InChI is InChI=1S/C14H21BrN2O/c1-3-16-4-6-17(7-5-16)10-12-9-13(15)8-11(2)14(12)18/h8-9,18H,3-7,10H2,1-2H3. The second kappa shape index (κ2) is 6.04. The first-order valence-electron chi connectivity index (χ1n) is 6.53. The number of likely N-dealkylation sites (N-methyl/N-ethyl adjacent to an activating group) is 1. The monoisotopic (exact) mass is 312 g/mol. The molecule has 0 spiro atoms. The van der Waals surface area contributed by atoms with Gasteiger partial charge in [0.1, 0.15) is 5.75 Å². The Morgan fingerprint density at radius 1 is 1.17 bits per heavy atom. The van der Waals surface area contributed by atoms with Gasteiger partial charge in [-0.25, -0.2) is 0 Å². The Kier molecular flexibility index (Phi) is 4.65. The second-order valence-corrected chi connectivity index (χ2v) is 5.86. The van der Waals surface area contributed by atoms with Gasteiger partial charge in [0.2, 0.25) is 0 Å². The van der Waals surface area contributed by atoms with Crippen LogP contribution >= 0.6 is 15.9 Å². The smallest absolute Gasteiger partial charge is 0.123 e. The van der Waals surface area contributed by atoms with Gasteiger partial charge in [-0.1, -0.05) is 22.9 Å². The van der Waals surface area contributed by atoms with Crippen molar-refractivity contribution in [2.24, 2.45) is 0 Å². The van der Waals surface area contributed by atoms with Crippen molar-refractivity contribution in [2.75, 3.05) is 32.7 Å². The van der Waals surface area contributed by atoms with Gasteiger partial charge in [0.15, 0.2) is 0 Å². The van der Waals surface area contributed by atoms with Gasteiger partial charge in [0.05, 0.1) is 0 Å². The minimum atomic E-state index is 0.441. The van der Waals surface area contributed by atoms with Gasteiger partial charge >= 0.3 is 0 Å². The summed E-state index contributed by atoms with van der Waals surface area (Å²) in [7, 11) is 0. The highest BCUT2D eigenvalue weighted by Gasteiger charge is 2.17. The first-order chi connectivity index (χ1) is 8.60. The zero-order chi connectivity index (χ0) is 13.1. The molecule has 0 unspecified atom stereocenters. The molecule has 1 aromatic carbocycles. The van der Waals surface area contributed by atoms with E-state index in [9.17, 15) is 5.11 Å². The lowest BCUT2D eigenvalue weighted by Crippen LogP contribution is -2.45. The van der Waals surface area contributed by atoms with Crippen molar-refractivity contribution in [3.63, 3.8) is 0 Å². The zero-order valence-electron chi connectivity index (χ0n) is 11.1. The predicted molar refractivity (Wildman–Crippen MR) is 77.9 cm³/mol. The lowest BCUT2D eigenvalue weighted by Gasteiger charge is -2.34. The van der Waals surface area contributed by atoms with Crippen LogP contribution in [0.25, 0.3) is 0 Å². The molecule has 0 aromatic heterocycles.